The first-order chi connectivity index (χ1) is 8.34. The molecule has 17 heavy (non-hydrogen) atoms. The van der Waals surface area contributed by atoms with Crippen molar-refractivity contribution in [1.82, 2.24) is 0 Å². The van der Waals surface area contributed by atoms with Crippen molar-refractivity contribution >= 4 is 20.7 Å². The Morgan fingerprint density at radius 1 is 1.06 bits per heavy atom. The maximum absolute atomic E-state index is 12.2. The van der Waals surface area contributed by atoms with E-state index in [1.54, 1.807) is 0 Å². The van der Waals surface area contributed by atoms with Crippen LogP contribution in [-0.2, 0) is 4.79 Å². The summed E-state index contributed by atoms with van der Waals surface area (Å²) in [6.45, 7) is 0. The number of fused-ring (bicyclic) bond motifs is 1. The van der Waals surface area contributed by atoms with Crippen LogP contribution < -0.4 is 0 Å². The molecule has 3 atom stereocenters. The van der Waals surface area contributed by atoms with Crippen molar-refractivity contribution in [3.63, 3.8) is 0 Å². The summed E-state index contributed by atoms with van der Waals surface area (Å²) in [7, 11) is 0. The zero-order chi connectivity index (χ0) is 11.7. The van der Waals surface area contributed by atoms with Gasteiger partial charge in [0.25, 0.3) is 0 Å². The molecule has 0 spiro atoms. The molecule has 0 aromatic heterocycles. The van der Waals surface area contributed by atoms with Gasteiger partial charge in [0, 0.05) is 0 Å². The molecular weight excluding hydrogens is 275 g/mol. The van der Waals surface area contributed by atoms with E-state index in [9.17, 15) is 4.79 Å². The molecule has 0 N–H and O–H groups in total. The molecule has 2 fully saturated rings. The van der Waals surface area contributed by atoms with Gasteiger partial charge in [-0.1, -0.05) is 0 Å². The van der Waals surface area contributed by atoms with Gasteiger partial charge in [0.15, 0.2) is 0 Å². The summed E-state index contributed by atoms with van der Waals surface area (Å²) in [5.41, 5.74) is 1.39. The Balaban J connectivity index is 1.79. The monoisotopic (exact) mass is 294 g/mol. The number of benzene rings is 1. The first-order valence-corrected chi connectivity index (χ1v) is 8.55. The SMILES string of the molecule is O=C1C[C@@H](c2ccccc2)[Se][C@H]2CCCC[C@@H]12. The van der Waals surface area contributed by atoms with Crippen LogP contribution in [0.1, 0.15) is 42.5 Å². The average Bonchev–Trinajstić information content (AvgIpc) is 2.40. The number of hydrogen-bond donors (Lipinski definition) is 0. The number of carbonyl (C=O) groups is 1. The van der Waals surface area contributed by atoms with Gasteiger partial charge in [-0.2, -0.15) is 0 Å². The Morgan fingerprint density at radius 3 is 2.65 bits per heavy atom. The number of rotatable bonds is 1. The second-order valence-corrected chi connectivity index (χ2v) is 8.17. The normalized spacial score (nSPS) is 33.2. The molecule has 0 unspecified atom stereocenters. The standard InChI is InChI=1S/C15H18OSe/c16-13-10-15(11-6-2-1-3-7-11)17-14-9-5-4-8-12(13)14/h1-3,6-7,12,14-15H,4-5,8-10H2/t12-,14-,15-/m0/s1. The summed E-state index contributed by atoms with van der Waals surface area (Å²) < 4.78 is 0. The Morgan fingerprint density at radius 2 is 1.82 bits per heavy atom. The molecular formula is C15H18OSe. The van der Waals surface area contributed by atoms with Gasteiger partial charge >= 0.3 is 109 Å². The summed E-state index contributed by atoms with van der Waals surface area (Å²) in [6, 6.07) is 10.7. The molecule has 0 bridgehead atoms. The third-order valence-corrected chi connectivity index (χ3v) is 7.54. The quantitative estimate of drug-likeness (QED) is 0.725. The van der Waals surface area contributed by atoms with E-state index in [1.807, 2.05) is 0 Å². The van der Waals surface area contributed by atoms with Crippen molar-refractivity contribution in [3.05, 3.63) is 35.9 Å². The van der Waals surface area contributed by atoms with Gasteiger partial charge in [0.2, 0.25) is 0 Å². The third-order valence-electron chi connectivity index (χ3n) is 4.01. The predicted octanol–water partition coefficient (Wildman–Crippen LogP) is 3.38. The number of carbonyl (C=O) groups excluding carboxylic acids is 1. The Hall–Kier alpha value is -0.591. The fourth-order valence-electron chi connectivity index (χ4n) is 3.09. The Kier molecular flexibility index (Phi) is 3.35. The Bertz CT molecular complexity index is 401. The van der Waals surface area contributed by atoms with Crippen LogP contribution in [0.3, 0.4) is 0 Å². The zero-order valence-corrected chi connectivity index (χ0v) is 11.7. The first kappa shape index (κ1) is 11.5. The molecule has 90 valence electrons. The molecule has 3 rings (SSSR count). The molecule has 1 saturated heterocycles. The van der Waals surface area contributed by atoms with E-state index in [4.69, 9.17) is 0 Å². The molecule has 1 aliphatic heterocycles. The molecule has 2 aliphatic rings. The third kappa shape index (κ3) is 2.34. The molecule has 1 aromatic carbocycles. The van der Waals surface area contributed by atoms with Crippen molar-refractivity contribution in [2.24, 2.45) is 5.92 Å². The molecule has 1 aliphatic carbocycles. The minimum absolute atomic E-state index is 0.434. The van der Waals surface area contributed by atoms with Crippen molar-refractivity contribution in [2.45, 2.75) is 41.7 Å². The van der Waals surface area contributed by atoms with E-state index >= 15 is 0 Å². The van der Waals surface area contributed by atoms with Crippen LogP contribution in [0.4, 0.5) is 0 Å². The molecule has 0 radical (unpaired) electrons. The molecule has 0 amide bonds. The van der Waals surface area contributed by atoms with Gasteiger partial charge in [-0.25, -0.2) is 0 Å². The van der Waals surface area contributed by atoms with Gasteiger partial charge < -0.3 is 0 Å². The molecule has 1 aromatic rings. The summed E-state index contributed by atoms with van der Waals surface area (Å²) in [6.07, 6.45) is 5.91. The zero-order valence-electron chi connectivity index (χ0n) is 9.97. The van der Waals surface area contributed by atoms with Crippen LogP contribution in [0.25, 0.3) is 0 Å². The van der Waals surface area contributed by atoms with Crippen LogP contribution in [0.15, 0.2) is 30.3 Å². The van der Waals surface area contributed by atoms with E-state index < -0.39 is 0 Å². The van der Waals surface area contributed by atoms with Crippen molar-refractivity contribution in [1.29, 1.82) is 0 Å². The second-order valence-electron chi connectivity index (χ2n) is 5.14. The summed E-state index contributed by atoms with van der Waals surface area (Å²) in [5.74, 6) is 0.986. The van der Waals surface area contributed by atoms with E-state index in [1.165, 1.54) is 31.2 Å². The second kappa shape index (κ2) is 4.96. The van der Waals surface area contributed by atoms with Crippen molar-refractivity contribution in [3.8, 4) is 0 Å². The van der Waals surface area contributed by atoms with Crippen molar-refractivity contribution in [2.75, 3.05) is 0 Å². The van der Waals surface area contributed by atoms with Gasteiger partial charge in [0.05, 0.1) is 0 Å². The fraction of sp³-hybridized carbons (Fsp3) is 0.533. The summed E-state index contributed by atoms with van der Waals surface area (Å²) in [4.78, 5) is 13.5. The van der Waals surface area contributed by atoms with Gasteiger partial charge in [-0.15, -0.1) is 0 Å². The molecule has 1 heterocycles. The van der Waals surface area contributed by atoms with Crippen LogP contribution in [0, 0.1) is 5.92 Å². The molecule has 2 heteroatoms. The average molecular weight is 293 g/mol. The first-order valence-electron chi connectivity index (χ1n) is 6.58. The van der Waals surface area contributed by atoms with Crippen molar-refractivity contribution < 1.29 is 4.79 Å². The topological polar surface area (TPSA) is 17.1 Å². The fourth-order valence-corrected chi connectivity index (χ4v) is 6.81. The number of ketones is 1. The predicted molar refractivity (Wildman–Crippen MR) is 70.3 cm³/mol. The van der Waals surface area contributed by atoms with Gasteiger partial charge in [-0.05, 0) is 0 Å². The van der Waals surface area contributed by atoms with E-state index in [-0.39, 0.29) is 0 Å². The summed E-state index contributed by atoms with van der Waals surface area (Å²) in [5, 5.41) is 0. The number of hydrogen-bond acceptors (Lipinski definition) is 1. The van der Waals surface area contributed by atoms with Crippen LogP contribution >= 0.6 is 0 Å². The summed E-state index contributed by atoms with van der Waals surface area (Å²) >= 11 is 0.625. The molecule has 1 nitrogen and oxygen atoms in total. The van der Waals surface area contributed by atoms with E-state index in [0.717, 1.165) is 11.2 Å². The van der Waals surface area contributed by atoms with E-state index in [0.29, 0.717) is 31.5 Å². The van der Waals surface area contributed by atoms with Gasteiger partial charge in [-0.3, -0.25) is 0 Å². The maximum atomic E-state index is 12.2. The van der Waals surface area contributed by atoms with Gasteiger partial charge in [0.1, 0.15) is 0 Å². The minimum atomic E-state index is 0.434. The Labute approximate surface area is 109 Å². The molecule has 1 saturated carbocycles. The number of Topliss-reactive ketones (excluding diaryl/α,β-unsaturated/α-hetero) is 1. The van der Waals surface area contributed by atoms with Crippen LogP contribution in [0.5, 0.6) is 0 Å². The van der Waals surface area contributed by atoms with Crippen LogP contribution in [-0.4, -0.2) is 20.7 Å². The van der Waals surface area contributed by atoms with Crippen LogP contribution in [0.2, 0.25) is 4.82 Å². The van der Waals surface area contributed by atoms with E-state index in [2.05, 4.69) is 30.3 Å².